The Bertz CT molecular complexity index is 835. The van der Waals surface area contributed by atoms with Crippen LogP contribution in [-0.4, -0.2) is 41.3 Å². The Balaban J connectivity index is 1.50. The van der Waals surface area contributed by atoms with Gasteiger partial charge in [0.05, 0.1) is 5.52 Å². The molecule has 1 aromatic heterocycles. The molecular formula is C20H23N3O2. The second kappa shape index (κ2) is 6.14. The molecule has 1 saturated carbocycles. The average molecular weight is 337 g/mol. The fourth-order valence-electron chi connectivity index (χ4n) is 4.56. The summed E-state index contributed by atoms with van der Waals surface area (Å²) in [5.74, 6) is 0.0929. The van der Waals surface area contributed by atoms with E-state index in [0.717, 1.165) is 36.6 Å². The molecule has 2 amide bonds. The molecule has 25 heavy (non-hydrogen) atoms. The third kappa shape index (κ3) is 2.77. The standard InChI is InChI=1S/C20H23N3O2/c1-23-17-7-4-11-20(17,12-10-18(23)24)13-21-19(25)16-9-8-14-5-2-3-6-15(14)22-16/h2-3,5-6,8-9,17H,4,7,10-13H2,1H3,(H,21,25)/t17-,20+/m1/s1. The van der Waals surface area contributed by atoms with Gasteiger partial charge in [0.1, 0.15) is 5.69 Å². The van der Waals surface area contributed by atoms with Crippen LogP contribution in [0.5, 0.6) is 0 Å². The van der Waals surface area contributed by atoms with Crippen molar-refractivity contribution in [3.05, 3.63) is 42.1 Å². The number of aromatic nitrogens is 1. The van der Waals surface area contributed by atoms with Gasteiger partial charge in [0.2, 0.25) is 5.91 Å². The van der Waals surface area contributed by atoms with Crippen LogP contribution in [0.25, 0.3) is 10.9 Å². The second-order valence-electron chi connectivity index (χ2n) is 7.35. The van der Waals surface area contributed by atoms with Crippen molar-refractivity contribution in [1.29, 1.82) is 0 Å². The molecule has 0 radical (unpaired) electrons. The number of nitrogens with one attached hydrogen (secondary N) is 1. The number of piperidine rings is 1. The Morgan fingerprint density at radius 3 is 3.00 bits per heavy atom. The lowest BCUT2D eigenvalue weighted by atomic mass is 9.74. The highest BCUT2D eigenvalue weighted by Crippen LogP contribution is 2.47. The molecule has 5 nitrogen and oxygen atoms in total. The molecule has 4 rings (SSSR count). The predicted octanol–water partition coefficient (Wildman–Crippen LogP) is 2.76. The zero-order chi connectivity index (χ0) is 17.4. The number of para-hydroxylation sites is 1. The fourth-order valence-corrected chi connectivity index (χ4v) is 4.56. The van der Waals surface area contributed by atoms with E-state index in [1.165, 1.54) is 0 Å². The summed E-state index contributed by atoms with van der Waals surface area (Å²) < 4.78 is 0. The summed E-state index contributed by atoms with van der Waals surface area (Å²) in [5.41, 5.74) is 1.30. The van der Waals surface area contributed by atoms with Gasteiger partial charge >= 0.3 is 0 Å². The minimum Gasteiger partial charge on any atom is -0.350 e. The van der Waals surface area contributed by atoms with Gasteiger partial charge in [-0.05, 0) is 31.4 Å². The lowest BCUT2D eigenvalue weighted by Gasteiger charge is -2.44. The number of carbonyl (C=O) groups excluding carboxylic acids is 2. The first kappa shape index (κ1) is 16.1. The van der Waals surface area contributed by atoms with Gasteiger partial charge in [-0.3, -0.25) is 9.59 Å². The van der Waals surface area contributed by atoms with Gasteiger partial charge in [0, 0.05) is 36.9 Å². The van der Waals surface area contributed by atoms with E-state index < -0.39 is 0 Å². The molecule has 130 valence electrons. The summed E-state index contributed by atoms with van der Waals surface area (Å²) in [6.45, 7) is 0.614. The zero-order valence-corrected chi connectivity index (χ0v) is 14.5. The van der Waals surface area contributed by atoms with Gasteiger partial charge in [-0.25, -0.2) is 4.98 Å². The first-order chi connectivity index (χ1) is 12.1. The van der Waals surface area contributed by atoms with Crippen LogP contribution < -0.4 is 5.32 Å². The van der Waals surface area contributed by atoms with Crippen molar-refractivity contribution in [1.82, 2.24) is 15.2 Å². The van der Waals surface area contributed by atoms with Crippen molar-refractivity contribution < 1.29 is 9.59 Å². The van der Waals surface area contributed by atoms with E-state index in [2.05, 4.69) is 10.3 Å². The van der Waals surface area contributed by atoms with Crippen LogP contribution in [0.3, 0.4) is 0 Å². The molecule has 0 bridgehead atoms. The fraction of sp³-hybridized carbons (Fsp3) is 0.450. The summed E-state index contributed by atoms with van der Waals surface area (Å²) in [6, 6.07) is 11.7. The van der Waals surface area contributed by atoms with E-state index in [9.17, 15) is 9.59 Å². The third-order valence-corrected chi connectivity index (χ3v) is 5.99. The van der Waals surface area contributed by atoms with Crippen molar-refractivity contribution in [2.75, 3.05) is 13.6 Å². The highest BCUT2D eigenvalue weighted by molar-refractivity contribution is 5.94. The van der Waals surface area contributed by atoms with Crippen LogP contribution in [0.15, 0.2) is 36.4 Å². The number of amides is 2. The Hall–Kier alpha value is -2.43. The largest absolute Gasteiger partial charge is 0.350 e. The van der Waals surface area contributed by atoms with Crippen LogP contribution in [0.2, 0.25) is 0 Å². The number of carbonyl (C=O) groups is 2. The molecule has 2 aromatic rings. The van der Waals surface area contributed by atoms with Crippen molar-refractivity contribution >= 4 is 22.7 Å². The van der Waals surface area contributed by atoms with Crippen LogP contribution in [0, 0.1) is 5.41 Å². The predicted molar refractivity (Wildman–Crippen MR) is 96.2 cm³/mol. The maximum absolute atomic E-state index is 12.6. The van der Waals surface area contributed by atoms with Gasteiger partial charge in [0.25, 0.3) is 5.91 Å². The number of hydrogen-bond donors (Lipinski definition) is 1. The summed E-state index contributed by atoms with van der Waals surface area (Å²) in [4.78, 5) is 31.0. The molecule has 0 unspecified atom stereocenters. The summed E-state index contributed by atoms with van der Waals surface area (Å²) in [5, 5.41) is 4.12. The number of fused-ring (bicyclic) bond motifs is 2. The second-order valence-corrected chi connectivity index (χ2v) is 7.35. The Morgan fingerprint density at radius 1 is 1.28 bits per heavy atom. The third-order valence-electron chi connectivity index (χ3n) is 5.99. The molecule has 2 aliphatic rings. The van der Waals surface area contributed by atoms with E-state index in [4.69, 9.17) is 0 Å². The van der Waals surface area contributed by atoms with E-state index in [1.807, 2.05) is 42.3 Å². The van der Waals surface area contributed by atoms with Crippen LogP contribution in [-0.2, 0) is 4.79 Å². The lowest BCUT2D eigenvalue weighted by molar-refractivity contribution is -0.139. The van der Waals surface area contributed by atoms with Crippen LogP contribution in [0.1, 0.15) is 42.6 Å². The SMILES string of the molecule is CN1C(=O)CC[C@]2(CNC(=O)c3ccc4ccccc4n3)CCC[C@@H]12. The van der Waals surface area contributed by atoms with Gasteiger partial charge in [-0.2, -0.15) is 0 Å². The van der Waals surface area contributed by atoms with Crippen molar-refractivity contribution in [3.63, 3.8) is 0 Å². The van der Waals surface area contributed by atoms with E-state index >= 15 is 0 Å². The van der Waals surface area contributed by atoms with Gasteiger partial charge in [0.15, 0.2) is 0 Å². The molecule has 1 aromatic carbocycles. The number of pyridine rings is 1. The molecule has 1 N–H and O–H groups in total. The van der Waals surface area contributed by atoms with Gasteiger partial charge in [-0.15, -0.1) is 0 Å². The maximum Gasteiger partial charge on any atom is 0.269 e. The Labute approximate surface area is 147 Å². The molecular weight excluding hydrogens is 314 g/mol. The van der Waals surface area contributed by atoms with Crippen molar-refractivity contribution in [2.24, 2.45) is 5.41 Å². The number of likely N-dealkylation sites (tertiary alicyclic amines) is 1. The molecule has 2 atom stereocenters. The smallest absolute Gasteiger partial charge is 0.269 e. The van der Waals surface area contributed by atoms with Crippen LogP contribution in [0.4, 0.5) is 0 Å². The quantitative estimate of drug-likeness (QED) is 0.937. The van der Waals surface area contributed by atoms with Gasteiger partial charge < -0.3 is 10.2 Å². The monoisotopic (exact) mass is 337 g/mol. The highest BCUT2D eigenvalue weighted by atomic mass is 16.2. The summed E-state index contributed by atoms with van der Waals surface area (Å²) in [6.07, 6.45) is 4.67. The molecule has 1 aliphatic heterocycles. The van der Waals surface area contributed by atoms with E-state index in [1.54, 1.807) is 6.07 Å². The molecule has 1 aliphatic carbocycles. The molecule has 0 spiro atoms. The number of benzene rings is 1. The van der Waals surface area contributed by atoms with Crippen molar-refractivity contribution in [3.8, 4) is 0 Å². The zero-order valence-electron chi connectivity index (χ0n) is 14.5. The molecule has 1 saturated heterocycles. The lowest BCUT2D eigenvalue weighted by Crippen LogP contribution is -2.54. The number of hydrogen-bond acceptors (Lipinski definition) is 3. The van der Waals surface area contributed by atoms with Gasteiger partial charge in [-0.1, -0.05) is 30.7 Å². The minimum atomic E-state index is -0.134. The van der Waals surface area contributed by atoms with E-state index in [0.29, 0.717) is 18.7 Å². The van der Waals surface area contributed by atoms with Crippen LogP contribution >= 0.6 is 0 Å². The number of nitrogens with zero attached hydrogens (tertiary/aromatic N) is 2. The highest BCUT2D eigenvalue weighted by Gasteiger charge is 2.49. The molecule has 2 fully saturated rings. The van der Waals surface area contributed by atoms with Crippen molar-refractivity contribution in [2.45, 2.75) is 38.1 Å². The first-order valence-corrected chi connectivity index (χ1v) is 8.99. The maximum atomic E-state index is 12.6. The molecule has 5 heteroatoms. The first-order valence-electron chi connectivity index (χ1n) is 8.99. The summed E-state index contributed by atoms with van der Waals surface area (Å²) >= 11 is 0. The normalized spacial score (nSPS) is 25.9. The average Bonchev–Trinajstić information content (AvgIpc) is 3.07. The Kier molecular flexibility index (Phi) is 3.94. The number of rotatable bonds is 3. The molecule has 2 heterocycles. The topological polar surface area (TPSA) is 62.3 Å². The Morgan fingerprint density at radius 2 is 2.12 bits per heavy atom. The van der Waals surface area contributed by atoms with E-state index in [-0.39, 0.29) is 23.3 Å². The summed E-state index contributed by atoms with van der Waals surface area (Å²) in [7, 11) is 1.90. The minimum absolute atomic E-state index is 0.0230.